The SMILES string of the molecule is CN1C(C(=O)C2=NC(c3ccccc3)C(c3ccccc3)N2C)=NC(c2ccccc2)C1c1ccccc1. The maximum Gasteiger partial charge on any atom is 0.262 e. The van der Waals surface area contributed by atoms with E-state index < -0.39 is 0 Å². The van der Waals surface area contributed by atoms with Gasteiger partial charge >= 0.3 is 0 Å². The first-order valence-corrected chi connectivity index (χ1v) is 13.0. The van der Waals surface area contributed by atoms with Crippen molar-refractivity contribution in [2.45, 2.75) is 24.2 Å². The standard InChI is InChI=1S/C33H30N4O/c1-36-29(25-19-11-5-12-20-25)27(23-15-7-3-8-16-23)34-32(36)31(38)33-35-28(24-17-9-4-10-18-24)30(37(33)2)26-21-13-6-14-22-26/h3-22,27-30H,1-2H3. The van der Waals surface area contributed by atoms with Gasteiger partial charge < -0.3 is 9.80 Å². The molecule has 0 radical (unpaired) electrons. The number of hydrogen-bond donors (Lipinski definition) is 0. The molecule has 4 aromatic carbocycles. The molecule has 2 aliphatic rings. The van der Waals surface area contributed by atoms with Crippen LogP contribution >= 0.6 is 0 Å². The molecule has 2 heterocycles. The Labute approximate surface area is 223 Å². The Kier molecular flexibility index (Phi) is 6.34. The fourth-order valence-electron chi connectivity index (χ4n) is 5.74. The average molecular weight is 499 g/mol. The van der Waals surface area contributed by atoms with Crippen molar-refractivity contribution in [3.05, 3.63) is 144 Å². The fraction of sp³-hybridized carbons (Fsp3) is 0.182. The van der Waals surface area contributed by atoms with Gasteiger partial charge in [-0.1, -0.05) is 121 Å². The van der Waals surface area contributed by atoms with Gasteiger partial charge in [0.25, 0.3) is 5.78 Å². The second kappa shape index (κ2) is 10.1. The number of carbonyl (C=O) groups is 1. The van der Waals surface area contributed by atoms with E-state index in [1.807, 2.05) is 96.7 Å². The molecule has 0 saturated carbocycles. The zero-order valence-corrected chi connectivity index (χ0v) is 21.6. The van der Waals surface area contributed by atoms with Crippen LogP contribution in [0.3, 0.4) is 0 Å². The van der Waals surface area contributed by atoms with Crippen molar-refractivity contribution < 1.29 is 4.79 Å². The third-order valence-electron chi connectivity index (χ3n) is 7.59. The molecule has 4 atom stereocenters. The summed E-state index contributed by atoms with van der Waals surface area (Å²) in [4.78, 5) is 28.4. The van der Waals surface area contributed by atoms with Crippen LogP contribution in [-0.4, -0.2) is 41.3 Å². The minimum Gasteiger partial charge on any atom is -0.347 e. The maximum absolute atomic E-state index is 14.2. The van der Waals surface area contributed by atoms with Gasteiger partial charge in [0.05, 0.1) is 12.1 Å². The summed E-state index contributed by atoms with van der Waals surface area (Å²) in [7, 11) is 3.94. The molecule has 38 heavy (non-hydrogen) atoms. The quantitative estimate of drug-likeness (QED) is 0.318. The van der Waals surface area contributed by atoms with Gasteiger partial charge in [-0.25, -0.2) is 0 Å². The number of amidine groups is 2. The van der Waals surface area contributed by atoms with E-state index in [0.29, 0.717) is 11.7 Å². The number of likely N-dealkylation sites (N-methyl/N-ethyl adjacent to an activating group) is 2. The highest BCUT2D eigenvalue weighted by Gasteiger charge is 2.44. The van der Waals surface area contributed by atoms with Crippen LogP contribution in [0.2, 0.25) is 0 Å². The molecule has 188 valence electrons. The van der Waals surface area contributed by atoms with Crippen LogP contribution in [-0.2, 0) is 4.79 Å². The van der Waals surface area contributed by atoms with E-state index in [2.05, 4.69) is 48.5 Å². The summed E-state index contributed by atoms with van der Waals surface area (Å²) in [6.45, 7) is 0. The molecule has 0 aliphatic carbocycles. The number of ketones is 1. The summed E-state index contributed by atoms with van der Waals surface area (Å²) in [5.41, 5.74) is 4.42. The summed E-state index contributed by atoms with van der Waals surface area (Å²) < 4.78 is 0. The van der Waals surface area contributed by atoms with Crippen LogP contribution < -0.4 is 0 Å². The Morgan fingerprint density at radius 2 is 0.789 bits per heavy atom. The van der Waals surface area contributed by atoms with Gasteiger partial charge in [-0.2, -0.15) is 0 Å². The predicted molar refractivity (Wildman–Crippen MR) is 152 cm³/mol. The van der Waals surface area contributed by atoms with Crippen molar-refractivity contribution in [3.63, 3.8) is 0 Å². The highest BCUT2D eigenvalue weighted by molar-refractivity contribution is 6.65. The second-order valence-electron chi connectivity index (χ2n) is 9.88. The van der Waals surface area contributed by atoms with E-state index in [-0.39, 0.29) is 30.0 Å². The van der Waals surface area contributed by atoms with E-state index in [1.165, 1.54) is 0 Å². The van der Waals surface area contributed by atoms with Crippen LogP contribution in [0.1, 0.15) is 46.4 Å². The normalized spacial score (nSPS) is 22.8. The molecule has 0 saturated heterocycles. The van der Waals surface area contributed by atoms with Crippen LogP contribution in [0.15, 0.2) is 131 Å². The molecule has 4 aromatic rings. The number of carbonyl (C=O) groups excluding carboxylic acids is 1. The highest BCUT2D eigenvalue weighted by atomic mass is 16.1. The number of nitrogens with zero attached hydrogens (tertiary/aromatic N) is 4. The Bertz CT molecular complexity index is 1360. The molecule has 6 rings (SSSR count). The Morgan fingerprint density at radius 1 is 0.500 bits per heavy atom. The van der Waals surface area contributed by atoms with Gasteiger partial charge in [-0.15, -0.1) is 0 Å². The molecule has 4 unspecified atom stereocenters. The highest BCUT2D eigenvalue weighted by Crippen LogP contribution is 2.44. The smallest absolute Gasteiger partial charge is 0.262 e. The summed E-state index contributed by atoms with van der Waals surface area (Å²) in [5.74, 6) is 0.742. The lowest BCUT2D eigenvalue weighted by Crippen LogP contribution is -2.41. The maximum atomic E-state index is 14.2. The molecule has 0 spiro atoms. The molecule has 0 aromatic heterocycles. The van der Waals surface area contributed by atoms with Gasteiger partial charge in [0.2, 0.25) is 0 Å². The Morgan fingerprint density at radius 3 is 1.11 bits per heavy atom. The number of hydrogen-bond acceptors (Lipinski definition) is 5. The molecular formula is C33H30N4O. The number of rotatable bonds is 6. The van der Waals surface area contributed by atoms with Gasteiger partial charge in [-0.3, -0.25) is 14.8 Å². The molecule has 0 N–H and O–H groups in total. The van der Waals surface area contributed by atoms with Crippen molar-refractivity contribution in [3.8, 4) is 0 Å². The van der Waals surface area contributed by atoms with Crippen molar-refractivity contribution in [1.82, 2.24) is 9.80 Å². The van der Waals surface area contributed by atoms with Gasteiger partial charge in [-0.05, 0) is 22.3 Å². The minimum absolute atomic E-state index is 0.0836. The van der Waals surface area contributed by atoms with Crippen LogP contribution in [0.25, 0.3) is 0 Å². The monoisotopic (exact) mass is 498 g/mol. The fourth-order valence-corrected chi connectivity index (χ4v) is 5.74. The largest absolute Gasteiger partial charge is 0.347 e. The first kappa shape index (κ1) is 23.9. The minimum atomic E-state index is -0.190. The first-order valence-electron chi connectivity index (χ1n) is 13.0. The summed E-state index contributed by atoms with van der Waals surface area (Å²) >= 11 is 0. The molecule has 0 fully saturated rings. The lowest BCUT2D eigenvalue weighted by Gasteiger charge is -2.29. The van der Waals surface area contributed by atoms with E-state index in [4.69, 9.17) is 9.98 Å². The third-order valence-corrected chi connectivity index (χ3v) is 7.59. The molecular weight excluding hydrogens is 468 g/mol. The van der Waals surface area contributed by atoms with Gasteiger partial charge in [0.1, 0.15) is 12.1 Å². The van der Waals surface area contributed by atoms with Crippen LogP contribution in [0, 0.1) is 0 Å². The molecule has 5 nitrogen and oxygen atoms in total. The Hall–Kier alpha value is -4.51. The lowest BCUT2D eigenvalue weighted by atomic mass is 9.94. The third kappa shape index (κ3) is 4.20. The number of benzene rings is 4. The zero-order chi connectivity index (χ0) is 26.1. The topological polar surface area (TPSA) is 48.3 Å². The average Bonchev–Trinajstić information content (AvgIpc) is 3.51. The van der Waals surface area contributed by atoms with E-state index in [1.54, 1.807) is 0 Å². The van der Waals surface area contributed by atoms with Crippen molar-refractivity contribution in [2.24, 2.45) is 9.98 Å². The predicted octanol–water partition coefficient (Wildman–Crippen LogP) is 6.21. The molecule has 2 aliphatic heterocycles. The second-order valence-corrected chi connectivity index (χ2v) is 9.88. The summed E-state index contributed by atoms with van der Waals surface area (Å²) in [6.07, 6.45) is 0. The van der Waals surface area contributed by atoms with Crippen LogP contribution in [0.5, 0.6) is 0 Å². The van der Waals surface area contributed by atoms with E-state index >= 15 is 0 Å². The molecule has 0 amide bonds. The first-order chi connectivity index (χ1) is 18.6. The Balaban J connectivity index is 1.40. The lowest BCUT2D eigenvalue weighted by molar-refractivity contribution is -0.108. The van der Waals surface area contributed by atoms with E-state index in [0.717, 1.165) is 22.3 Å². The van der Waals surface area contributed by atoms with Crippen molar-refractivity contribution >= 4 is 17.5 Å². The molecule has 5 heteroatoms. The van der Waals surface area contributed by atoms with Crippen molar-refractivity contribution in [2.75, 3.05) is 14.1 Å². The zero-order valence-electron chi connectivity index (χ0n) is 21.6. The molecule has 0 bridgehead atoms. The van der Waals surface area contributed by atoms with Crippen molar-refractivity contribution in [1.29, 1.82) is 0 Å². The summed E-state index contributed by atoms with van der Waals surface area (Å²) in [5, 5.41) is 0. The van der Waals surface area contributed by atoms with Crippen LogP contribution in [0.4, 0.5) is 0 Å². The van der Waals surface area contributed by atoms with E-state index in [9.17, 15) is 4.79 Å². The van der Waals surface area contributed by atoms with Gasteiger partial charge in [0, 0.05) is 14.1 Å². The number of Topliss-reactive ketones (excluding diaryl/α,β-unsaturated/α-hetero) is 1. The summed E-state index contributed by atoms with van der Waals surface area (Å²) in [6, 6.07) is 40.5. The number of aliphatic imine (C=N–C) groups is 2. The van der Waals surface area contributed by atoms with Gasteiger partial charge in [0.15, 0.2) is 11.7 Å².